The number of carbonyl (C=O) groups is 1. The molecule has 0 heterocycles. The normalized spacial score (nSPS) is 10.0. The number of amides is 2. The lowest BCUT2D eigenvalue weighted by Gasteiger charge is -2.13. The quantitative estimate of drug-likeness (QED) is 0.757. The Morgan fingerprint density at radius 2 is 1.15 bits per heavy atom. The van der Waals surface area contributed by atoms with E-state index >= 15 is 0 Å². The molecule has 7 nitrogen and oxygen atoms in total. The monoisotopic (exact) mass is 360 g/mol. The first kappa shape index (κ1) is 19.2. The van der Waals surface area contributed by atoms with Crippen molar-refractivity contribution >= 4 is 6.03 Å². The fourth-order valence-electron chi connectivity index (χ4n) is 2.45. The summed E-state index contributed by atoms with van der Waals surface area (Å²) in [4.78, 5) is 12.1. The highest BCUT2D eigenvalue weighted by Gasteiger charge is 2.09. The number of methoxy groups -OCH3 is 4. The largest absolute Gasteiger partial charge is 0.497 e. The molecule has 0 saturated heterocycles. The molecule has 0 bridgehead atoms. The molecular formula is C19H24N2O5. The van der Waals surface area contributed by atoms with Gasteiger partial charge in [0.05, 0.1) is 28.4 Å². The van der Waals surface area contributed by atoms with Crippen LogP contribution in [0.2, 0.25) is 0 Å². The molecule has 0 atom stereocenters. The van der Waals surface area contributed by atoms with Gasteiger partial charge in [0.2, 0.25) is 0 Å². The van der Waals surface area contributed by atoms with E-state index in [2.05, 4.69) is 10.6 Å². The van der Waals surface area contributed by atoms with Gasteiger partial charge in [-0.3, -0.25) is 0 Å². The Morgan fingerprint density at radius 1 is 0.731 bits per heavy atom. The topological polar surface area (TPSA) is 78.1 Å². The zero-order valence-electron chi connectivity index (χ0n) is 15.4. The Hall–Kier alpha value is -3.09. The zero-order valence-corrected chi connectivity index (χ0v) is 15.4. The molecule has 2 aromatic rings. The van der Waals surface area contributed by atoms with E-state index in [1.165, 1.54) is 0 Å². The summed E-state index contributed by atoms with van der Waals surface area (Å²) in [7, 11) is 6.35. The van der Waals surface area contributed by atoms with E-state index in [9.17, 15) is 4.79 Å². The van der Waals surface area contributed by atoms with Crippen LogP contribution in [0.3, 0.4) is 0 Å². The van der Waals surface area contributed by atoms with Gasteiger partial charge in [-0.2, -0.15) is 0 Å². The summed E-state index contributed by atoms with van der Waals surface area (Å²) in [6, 6.07) is 10.5. The van der Waals surface area contributed by atoms with Gasteiger partial charge in [-0.15, -0.1) is 0 Å². The van der Waals surface area contributed by atoms with Crippen molar-refractivity contribution in [2.45, 2.75) is 13.1 Å². The second-order valence-corrected chi connectivity index (χ2v) is 5.39. The van der Waals surface area contributed by atoms with Crippen molar-refractivity contribution < 1.29 is 23.7 Å². The van der Waals surface area contributed by atoms with Crippen LogP contribution in [0.4, 0.5) is 4.79 Å². The minimum atomic E-state index is -0.306. The molecule has 0 aliphatic carbocycles. The van der Waals surface area contributed by atoms with Gasteiger partial charge in [-0.1, -0.05) is 0 Å². The van der Waals surface area contributed by atoms with E-state index in [1.54, 1.807) is 52.7 Å². The number of benzene rings is 2. The van der Waals surface area contributed by atoms with Crippen LogP contribution in [0, 0.1) is 0 Å². The summed E-state index contributed by atoms with van der Waals surface area (Å²) in [6.45, 7) is 0.614. The highest BCUT2D eigenvalue weighted by atomic mass is 16.5. The van der Waals surface area contributed by atoms with E-state index < -0.39 is 0 Å². The molecule has 26 heavy (non-hydrogen) atoms. The average Bonchev–Trinajstić information content (AvgIpc) is 2.69. The molecule has 7 heteroatoms. The molecule has 0 spiro atoms. The van der Waals surface area contributed by atoms with Gasteiger partial charge in [0.1, 0.15) is 23.0 Å². The zero-order chi connectivity index (χ0) is 18.9. The van der Waals surface area contributed by atoms with Gasteiger partial charge in [0, 0.05) is 24.2 Å². The molecule has 2 rings (SSSR count). The Labute approximate surface area is 153 Å². The van der Waals surface area contributed by atoms with E-state index in [0.717, 1.165) is 11.1 Å². The standard InChI is InChI=1S/C19H24N2O5/c1-23-15-5-7-17(25-3)13(9-15)11-20-19(22)21-12-14-10-16(24-2)6-8-18(14)26-4/h5-10H,11-12H2,1-4H3,(H2,20,21,22). The number of nitrogens with one attached hydrogen (secondary N) is 2. The van der Waals surface area contributed by atoms with E-state index in [0.29, 0.717) is 36.1 Å². The summed E-state index contributed by atoms with van der Waals surface area (Å²) in [5.74, 6) is 2.76. The summed E-state index contributed by atoms with van der Waals surface area (Å²) in [5.41, 5.74) is 1.64. The second kappa shape index (κ2) is 9.41. The van der Waals surface area contributed by atoms with Crippen LogP contribution in [0.5, 0.6) is 23.0 Å². The Bertz CT molecular complexity index is 687. The number of carbonyl (C=O) groups excluding carboxylic acids is 1. The van der Waals surface area contributed by atoms with Crippen LogP contribution >= 0.6 is 0 Å². The Morgan fingerprint density at radius 3 is 1.50 bits per heavy atom. The molecule has 140 valence electrons. The molecule has 2 amide bonds. The van der Waals surface area contributed by atoms with Gasteiger partial charge in [-0.25, -0.2) is 4.79 Å². The lowest BCUT2D eigenvalue weighted by Crippen LogP contribution is -2.34. The third-order valence-electron chi connectivity index (χ3n) is 3.85. The molecule has 2 N–H and O–H groups in total. The van der Waals surface area contributed by atoms with Crippen LogP contribution in [0.15, 0.2) is 36.4 Å². The van der Waals surface area contributed by atoms with Gasteiger partial charge >= 0.3 is 6.03 Å². The summed E-state index contributed by atoms with van der Waals surface area (Å²) in [6.07, 6.45) is 0. The molecule has 0 fully saturated rings. The van der Waals surface area contributed by atoms with Crippen LogP contribution in [-0.2, 0) is 13.1 Å². The predicted molar refractivity (Wildman–Crippen MR) is 98.2 cm³/mol. The maximum Gasteiger partial charge on any atom is 0.315 e. The van der Waals surface area contributed by atoms with Crippen LogP contribution in [-0.4, -0.2) is 34.5 Å². The van der Waals surface area contributed by atoms with E-state index in [1.807, 2.05) is 12.1 Å². The first-order chi connectivity index (χ1) is 12.6. The first-order valence-electron chi connectivity index (χ1n) is 8.04. The third kappa shape index (κ3) is 4.95. The van der Waals surface area contributed by atoms with Crippen molar-refractivity contribution in [3.63, 3.8) is 0 Å². The minimum absolute atomic E-state index is 0.306. The predicted octanol–water partition coefficient (Wildman–Crippen LogP) is 2.72. The number of hydrogen-bond acceptors (Lipinski definition) is 5. The maximum atomic E-state index is 12.1. The third-order valence-corrected chi connectivity index (χ3v) is 3.85. The summed E-state index contributed by atoms with van der Waals surface area (Å²) in [5, 5.41) is 5.61. The second-order valence-electron chi connectivity index (χ2n) is 5.39. The van der Waals surface area contributed by atoms with Crippen LogP contribution in [0.1, 0.15) is 11.1 Å². The van der Waals surface area contributed by atoms with E-state index in [-0.39, 0.29) is 6.03 Å². The van der Waals surface area contributed by atoms with Gasteiger partial charge in [-0.05, 0) is 36.4 Å². The molecule has 0 aliphatic rings. The fraction of sp³-hybridized carbons (Fsp3) is 0.316. The van der Waals surface area contributed by atoms with Crippen molar-refractivity contribution in [1.29, 1.82) is 0 Å². The lowest BCUT2D eigenvalue weighted by atomic mass is 10.2. The molecule has 0 saturated carbocycles. The highest BCUT2D eigenvalue weighted by Crippen LogP contribution is 2.24. The van der Waals surface area contributed by atoms with Crippen molar-refractivity contribution in [3.8, 4) is 23.0 Å². The van der Waals surface area contributed by atoms with Crippen molar-refractivity contribution in [2.24, 2.45) is 0 Å². The highest BCUT2D eigenvalue weighted by molar-refractivity contribution is 5.74. The van der Waals surface area contributed by atoms with Crippen LogP contribution < -0.4 is 29.6 Å². The Balaban J connectivity index is 1.96. The average molecular weight is 360 g/mol. The van der Waals surface area contributed by atoms with Gasteiger partial charge < -0.3 is 29.6 Å². The molecule has 0 aromatic heterocycles. The van der Waals surface area contributed by atoms with E-state index in [4.69, 9.17) is 18.9 Å². The van der Waals surface area contributed by atoms with Gasteiger partial charge in [0.15, 0.2) is 0 Å². The van der Waals surface area contributed by atoms with Crippen molar-refractivity contribution in [1.82, 2.24) is 10.6 Å². The van der Waals surface area contributed by atoms with Gasteiger partial charge in [0.25, 0.3) is 0 Å². The number of hydrogen-bond donors (Lipinski definition) is 2. The first-order valence-corrected chi connectivity index (χ1v) is 8.04. The summed E-state index contributed by atoms with van der Waals surface area (Å²) < 4.78 is 21.0. The molecule has 2 aromatic carbocycles. The van der Waals surface area contributed by atoms with Crippen molar-refractivity contribution in [2.75, 3.05) is 28.4 Å². The van der Waals surface area contributed by atoms with Crippen molar-refractivity contribution in [3.05, 3.63) is 47.5 Å². The lowest BCUT2D eigenvalue weighted by molar-refractivity contribution is 0.240. The van der Waals surface area contributed by atoms with Crippen LogP contribution in [0.25, 0.3) is 0 Å². The summed E-state index contributed by atoms with van der Waals surface area (Å²) >= 11 is 0. The molecular weight excluding hydrogens is 336 g/mol. The fourth-order valence-corrected chi connectivity index (χ4v) is 2.45. The number of ether oxygens (including phenoxy) is 4. The number of rotatable bonds is 8. The number of urea groups is 1. The molecule has 0 radical (unpaired) electrons. The molecule has 0 unspecified atom stereocenters. The maximum absolute atomic E-state index is 12.1. The smallest absolute Gasteiger partial charge is 0.315 e. The SMILES string of the molecule is COc1ccc(OC)c(CNC(=O)NCc2cc(OC)ccc2OC)c1. The molecule has 0 aliphatic heterocycles. The Kier molecular flexibility index (Phi) is 6.96. The minimum Gasteiger partial charge on any atom is -0.497 e.